The van der Waals surface area contributed by atoms with E-state index >= 15 is 0 Å². The molecule has 29 heavy (non-hydrogen) atoms. The summed E-state index contributed by atoms with van der Waals surface area (Å²) in [6.07, 6.45) is -1.90. The SMILES string of the molecule is CON(C)C(O)[C@@H]1C[C@H](NC(=O)OCc2ccccc2)CN1C(=O)OC(C)(C)C. The number of carbonyl (C=O) groups is 2. The molecule has 0 aromatic heterocycles. The highest BCUT2D eigenvalue weighted by Gasteiger charge is 2.43. The van der Waals surface area contributed by atoms with E-state index in [9.17, 15) is 14.7 Å². The fourth-order valence-corrected chi connectivity index (χ4v) is 3.07. The Morgan fingerprint density at radius 1 is 1.31 bits per heavy atom. The van der Waals surface area contributed by atoms with Crippen LogP contribution in [0.25, 0.3) is 0 Å². The Kier molecular flexibility index (Phi) is 7.83. The predicted octanol–water partition coefficient (Wildman–Crippen LogP) is 2.10. The topological polar surface area (TPSA) is 101 Å². The van der Waals surface area contributed by atoms with Gasteiger partial charge in [-0.2, -0.15) is 5.06 Å². The van der Waals surface area contributed by atoms with Crippen molar-refractivity contribution in [3.8, 4) is 0 Å². The van der Waals surface area contributed by atoms with Gasteiger partial charge in [-0.25, -0.2) is 9.59 Å². The predicted molar refractivity (Wildman–Crippen MR) is 106 cm³/mol. The van der Waals surface area contributed by atoms with Crippen molar-refractivity contribution in [2.75, 3.05) is 20.7 Å². The number of amides is 2. The molecule has 2 rings (SSSR count). The van der Waals surface area contributed by atoms with Crippen molar-refractivity contribution in [1.29, 1.82) is 0 Å². The molecule has 1 aliphatic heterocycles. The number of aliphatic hydroxyl groups excluding tert-OH is 1. The van der Waals surface area contributed by atoms with Gasteiger partial charge in [-0.15, -0.1) is 0 Å². The summed E-state index contributed by atoms with van der Waals surface area (Å²) >= 11 is 0. The third-order valence-corrected chi connectivity index (χ3v) is 4.51. The molecule has 3 atom stereocenters. The second-order valence-corrected chi connectivity index (χ2v) is 7.98. The van der Waals surface area contributed by atoms with Crippen LogP contribution < -0.4 is 5.32 Å². The monoisotopic (exact) mass is 409 g/mol. The van der Waals surface area contributed by atoms with Crippen LogP contribution in [0.15, 0.2) is 30.3 Å². The van der Waals surface area contributed by atoms with Gasteiger partial charge in [-0.3, -0.25) is 9.74 Å². The lowest BCUT2D eigenvalue weighted by molar-refractivity contribution is -0.218. The molecular formula is C20H31N3O6. The lowest BCUT2D eigenvalue weighted by Crippen LogP contribution is -2.50. The molecule has 1 aliphatic rings. The van der Waals surface area contributed by atoms with E-state index in [2.05, 4.69) is 5.32 Å². The molecule has 0 saturated carbocycles. The number of likely N-dealkylation sites (tertiary alicyclic amines) is 1. The maximum absolute atomic E-state index is 12.6. The van der Waals surface area contributed by atoms with Crippen LogP contribution in [0.2, 0.25) is 0 Å². The van der Waals surface area contributed by atoms with Crippen LogP contribution in [0.1, 0.15) is 32.8 Å². The smallest absolute Gasteiger partial charge is 0.410 e. The molecule has 9 nitrogen and oxygen atoms in total. The molecule has 1 fully saturated rings. The van der Waals surface area contributed by atoms with E-state index in [1.807, 2.05) is 30.3 Å². The van der Waals surface area contributed by atoms with E-state index in [-0.39, 0.29) is 13.2 Å². The van der Waals surface area contributed by atoms with Crippen molar-refractivity contribution < 1.29 is 29.0 Å². The van der Waals surface area contributed by atoms with Gasteiger partial charge in [-0.05, 0) is 32.8 Å². The van der Waals surface area contributed by atoms with Crippen LogP contribution in [0.3, 0.4) is 0 Å². The maximum atomic E-state index is 12.6. The fourth-order valence-electron chi connectivity index (χ4n) is 3.07. The highest BCUT2D eigenvalue weighted by atomic mass is 16.7. The van der Waals surface area contributed by atoms with Crippen LogP contribution in [-0.2, 0) is 20.9 Å². The van der Waals surface area contributed by atoms with Crippen molar-refractivity contribution >= 4 is 12.2 Å². The minimum absolute atomic E-state index is 0.146. The number of likely N-dealkylation sites (N-methyl/N-ethyl adjacent to an activating group) is 1. The molecule has 2 amide bonds. The largest absolute Gasteiger partial charge is 0.445 e. The highest BCUT2D eigenvalue weighted by Crippen LogP contribution is 2.25. The summed E-state index contributed by atoms with van der Waals surface area (Å²) in [5, 5.41) is 14.6. The van der Waals surface area contributed by atoms with Crippen molar-refractivity contribution in [1.82, 2.24) is 15.3 Å². The molecule has 0 bridgehead atoms. The van der Waals surface area contributed by atoms with E-state index in [1.165, 1.54) is 17.1 Å². The van der Waals surface area contributed by atoms with E-state index in [1.54, 1.807) is 27.8 Å². The van der Waals surface area contributed by atoms with E-state index in [0.29, 0.717) is 6.42 Å². The molecule has 0 aliphatic carbocycles. The van der Waals surface area contributed by atoms with Crippen LogP contribution in [-0.4, -0.2) is 71.9 Å². The van der Waals surface area contributed by atoms with Gasteiger partial charge in [0.15, 0.2) is 0 Å². The Bertz CT molecular complexity index is 679. The van der Waals surface area contributed by atoms with Crippen molar-refractivity contribution in [2.45, 2.75) is 57.7 Å². The number of hydroxylamine groups is 2. The first kappa shape index (κ1) is 22.9. The zero-order valence-corrected chi connectivity index (χ0v) is 17.6. The van der Waals surface area contributed by atoms with Gasteiger partial charge in [-0.1, -0.05) is 30.3 Å². The Balaban J connectivity index is 2.00. The number of rotatable bonds is 6. The van der Waals surface area contributed by atoms with Crippen LogP contribution in [0.4, 0.5) is 9.59 Å². The average molecular weight is 409 g/mol. The summed E-state index contributed by atoms with van der Waals surface area (Å²) in [6.45, 7) is 5.64. The molecule has 9 heteroatoms. The van der Waals surface area contributed by atoms with Crippen LogP contribution in [0.5, 0.6) is 0 Å². The Morgan fingerprint density at radius 2 is 1.97 bits per heavy atom. The lowest BCUT2D eigenvalue weighted by Gasteiger charge is -2.33. The Hall–Kier alpha value is -2.36. The van der Waals surface area contributed by atoms with Crippen LogP contribution in [0, 0.1) is 0 Å². The normalized spacial score (nSPS) is 20.4. The number of carbonyl (C=O) groups excluding carboxylic acids is 2. The molecule has 1 unspecified atom stereocenters. The Morgan fingerprint density at radius 3 is 2.55 bits per heavy atom. The van der Waals surface area contributed by atoms with Crippen LogP contribution >= 0.6 is 0 Å². The van der Waals surface area contributed by atoms with E-state index in [0.717, 1.165) is 5.56 Å². The minimum atomic E-state index is -1.08. The fraction of sp³-hybridized carbons (Fsp3) is 0.600. The first-order valence-electron chi connectivity index (χ1n) is 9.52. The minimum Gasteiger partial charge on any atom is -0.445 e. The number of nitrogens with zero attached hydrogens (tertiary/aromatic N) is 2. The summed E-state index contributed by atoms with van der Waals surface area (Å²) < 4.78 is 10.7. The van der Waals surface area contributed by atoms with Gasteiger partial charge >= 0.3 is 12.2 Å². The molecular weight excluding hydrogens is 378 g/mol. The van der Waals surface area contributed by atoms with Gasteiger partial charge < -0.3 is 19.9 Å². The number of hydrogen-bond acceptors (Lipinski definition) is 7. The summed E-state index contributed by atoms with van der Waals surface area (Å²) in [5.74, 6) is 0. The second-order valence-electron chi connectivity index (χ2n) is 7.98. The highest BCUT2D eigenvalue weighted by molar-refractivity contribution is 5.70. The third kappa shape index (κ3) is 6.88. The molecule has 0 spiro atoms. The number of hydrogen-bond donors (Lipinski definition) is 2. The summed E-state index contributed by atoms with van der Waals surface area (Å²) in [5.41, 5.74) is 0.194. The molecule has 1 aromatic carbocycles. The zero-order chi connectivity index (χ0) is 21.6. The van der Waals surface area contributed by atoms with E-state index in [4.69, 9.17) is 14.3 Å². The number of ether oxygens (including phenoxy) is 2. The summed E-state index contributed by atoms with van der Waals surface area (Å²) in [7, 11) is 2.99. The van der Waals surface area contributed by atoms with Gasteiger partial charge in [0.05, 0.1) is 19.2 Å². The number of benzene rings is 1. The molecule has 2 N–H and O–H groups in total. The average Bonchev–Trinajstić information content (AvgIpc) is 3.08. The zero-order valence-electron chi connectivity index (χ0n) is 17.6. The molecule has 1 aromatic rings. The first-order valence-corrected chi connectivity index (χ1v) is 9.52. The molecule has 162 valence electrons. The quantitative estimate of drug-likeness (QED) is 0.548. The number of nitrogens with one attached hydrogen (secondary N) is 1. The maximum Gasteiger partial charge on any atom is 0.410 e. The molecule has 1 saturated heterocycles. The standard InChI is InChI=1S/C20H31N3O6/c1-20(2,3)29-19(26)23-12-15(11-16(23)17(24)22(4)27-5)21-18(25)28-13-14-9-7-6-8-10-14/h6-10,15-17,24H,11-13H2,1-5H3,(H,21,25)/t15-,16-,17?/m0/s1. The number of alkyl carbamates (subject to hydrolysis) is 1. The van der Waals surface area contributed by atoms with Gasteiger partial charge in [0, 0.05) is 13.6 Å². The lowest BCUT2D eigenvalue weighted by atomic mass is 10.1. The Labute approximate surface area is 171 Å². The second kappa shape index (κ2) is 9.91. The van der Waals surface area contributed by atoms with Gasteiger partial charge in [0.2, 0.25) is 0 Å². The molecule has 1 heterocycles. The third-order valence-electron chi connectivity index (χ3n) is 4.51. The number of aliphatic hydroxyl groups is 1. The summed E-state index contributed by atoms with van der Waals surface area (Å²) in [4.78, 5) is 31.3. The first-order chi connectivity index (χ1) is 13.6. The van der Waals surface area contributed by atoms with E-state index < -0.39 is 36.1 Å². The molecule has 0 radical (unpaired) electrons. The summed E-state index contributed by atoms with van der Waals surface area (Å²) in [6, 6.07) is 8.33. The van der Waals surface area contributed by atoms with Crippen molar-refractivity contribution in [2.24, 2.45) is 0 Å². The van der Waals surface area contributed by atoms with Gasteiger partial charge in [0.25, 0.3) is 0 Å². The van der Waals surface area contributed by atoms with Crippen molar-refractivity contribution in [3.05, 3.63) is 35.9 Å². The van der Waals surface area contributed by atoms with Gasteiger partial charge in [0.1, 0.15) is 18.4 Å². The van der Waals surface area contributed by atoms with Crippen molar-refractivity contribution in [3.63, 3.8) is 0 Å².